The molecule has 33 heavy (non-hydrogen) atoms. The lowest BCUT2D eigenvalue weighted by atomic mass is 9.91. The summed E-state index contributed by atoms with van der Waals surface area (Å²) >= 11 is 0. The van der Waals surface area contributed by atoms with Crippen molar-refractivity contribution in [1.82, 2.24) is 19.1 Å². The average molecular weight is 444 g/mol. The number of H-pyrrole nitrogens is 1. The third-order valence-corrected chi connectivity index (χ3v) is 6.07. The Morgan fingerprint density at radius 1 is 1.18 bits per heavy atom. The summed E-state index contributed by atoms with van der Waals surface area (Å²) in [5.74, 6) is 0.689. The molecule has 1 aliphatic rings. The largest absolute Gasteiger partial charge is 0.495 e. The van der Waals surface area contributed by atoms with Crippen LogP contribution >= 0.6 is 0 Å². The number of imidazole rings is 2. The number of fused-ring (bicyclic) bond motifs is 1. The quantitative estimate of drug-likeness (QED) is 0.524. The Morgan fingerprint density at radius 2 is 1.97 bits per heavy atom. The lowest BCUT2D eigenvalue weighted by Gasteiger charge is -2.31. The number of methoxy groups -OCH3 is 1. The maximum Gasteiger partial charge on any atom is 0.328 e. The SMILES string of the molecule is COc1cc(/C=c2\[nH]c(=O)n3c2=NOCC3(C)c2ccc(C)cc2)ccc1-n1cnc(C)c1. The van der Waals surface area contributed by atoms with Crippen molar-refractivity contribution < 1.29 is 9.57 Å². The molecule has 0 aliphatic carbocycles. The molecule has 0 fully saturated rings. The van der Waals surface area contributed by atoms with Crippen LogP contribution in [-0.4, -0.2) is 32.8 Å². The molecule has 1 N–H and O–H groups in total. The van der Waals surface area contributed by atoms with Gasteiger partial charge in [-0.2, -0.15) is 0 Å². The normalized spacial score (nSPS) is 17.9. The molecule has 1 unspecified atom stereocenters. The Morgan fingerprint density at radius 3 is 2.67 bits per heavy atom. The van der Waals surface area contributed by atoms with E-state index in [4.69, 9.17) is 9.57 Å². The highest BCUT2D eigenvalue weighted by Crippen LogP contribution is 2.26. The van der Waals surface area contributed by atoms with Gasteiger partial charge < -0.3 is 19.1 Å². The van der Waals surface area contributed by atoms with Crippen LogP contribution in [0.5, 0.6) is 5.75 Å². The molecule has 0 bridgehead atoms. The molecule has 1 aliphatic heterocycles. The van der Waals surface area contributed by atoms with E-state index in [-0.39, 0.29) is 12.3 Å². The molecule has 0 spiro atoms. The molecule has 0 saturated carbocycles. The Kier molecular flexibility index (Phi) is 4.92. The Bertz CT molecular complexity index is 1510. The van der Waals surface area contributed by atoms with Crippen LogP contribution in [0, 0.1) is 13.8 Å². The molecule has 0 saturated heterocycles. The topological polar surface area (TPSA) is 86.4 Å². The molecule has 0 radical (unpaired) electrons. The van der Waals surface area contributed by atoms with Gasteiger partial charge in [0.15, 0.2) is 0 Å². The van der Waals surface area contributed by atoms with Crippen LogP contribution in [0.1, 0.15) is 29.3 Å². The minimum Gasteiger partial charge on any atom is -0.495 e. The molecule has 2 aromatic carbocycles. The summed E-state index contributed by atoms with van der Waals surface area (Å²) in [6.07, 6.45) is 5.55. The van der Waals surface area contributed by atoms with Crippen LogP contribution < -0.4 is 21.3 Å². The highest BCUT2D eigenvalue weighted by molar-refractivity contribution is 5.58. The van der Waals surface area contributed by atoms with Crippen LogP contribution in [0.15, 0.2) is 64.9 Å². The molecule has 0 amide bonds. The number of aromatic nitrogens is 4. The fraction of sp³-hybridized carbons (Fsp3) is 0.240. The fourth-order valence-corrected chi connectivity index (χ4v) is 4.22. The number of hydrogen-bond acceptors (Lipinski definition) is 5. The predicted octanol–water partition coefficient (Wildman–Crippen LogP) is 2.14. The summed E-state index contributed by atoms with van der Waals surface area (Å²) in [7, 11) is 1.63. The van der Waals surface area contributed by atoms with Gasteiger partial charge in [-0.25, -0.2) is 9.78 Å². The minimum atomic E-state index is -0.675. The van der Waals surface area contributed by atoms with Crippen molar-refractivity contribution in [1.29, 1.82) is 0 Å². The molecular formula is C25H25N5O3. The highest BCUT2D eigenvalue weighted by atomic mass is 16.6. The zero-order valence-electron chi connectivity index (χ0n) is 19.0. The number of rotatable bonds is 4. The first kappa shape index (κ1) is 20.8. The number of benzene rings is 2. The summed E-state index contributed by atoms with van der Waals surface area (Å²) in [6, 6.07) is 13.9. The van der Waals surface area contributed by atoms with Gasteiger partial charge in [0.05, 0.1) is 30.2 Å². The molecule has 2 aromatic heterocycles. The predicted molar refractivity (Wildman–Crippen MR) is 124 cm³/mol. The first-order valence-corrected chi connectivity index (χ1v) is 10.7. The zero-order valence-corrected chi connectivity index (χ0v) is 19.0. The lowest BCUT2D eigenvalue weighted by molar-refractivity contribution is 0.0439. The van der Waals surface area contributed by atoms with Gasteiger partial charge in [-0.05, 0) is 50.1 Å². The van der Waals surface area contributed by atoms with Crippen molar-refractivity contribution in [3.8, 4) is 11.4 Å². The van der Waals surface area contributed by atoms with Gasteiger partial charge in [0.1, 0.15) is 17.9 Å². The fourth-order valence-electron chi connectivity index (χ4n) is 4.22. The molecule has 168 valence electrons. The van der Waals surface area contributed by atoms with E-state index in [0.29, 0.717) is 16.6 Å². The average Bonchev–Trinajstić information content (AvgIpc) is 3.38. The summed E-state index contributed by atoms with van der Waals surface area (Å²) in [6.45, 7) is 6.23. The third-order valence-electron chi connectivity index (χ3n) is 6.07. The van der Waals surface area contributed by atoms with Gasteiger partial charge >= 0.3 is 5.69 Å². The molecular weight excluding hydrogens is 418 g/mol. The second kappa shape index (κ2) is 7.81. The molecule has 4 aromatic rings. The number of aromatic amines is 1. The van der Waals surface area contributed by atoms with Crippen LogP contribution in [0.3, 0.4) is 0 Å². The van der Waals surface area contributed by atoms with Crippen LogP contribution in [0.4, 0.5) is 0 Å². The standard InChI is InChI=1S/C25H25N5O3/c1-16-5-8-19(9-6-16)25(3)14-33-28-23-20(27-24(31)30(23)25)11-18-7-10-21(22(12-18)32-4)29-13-17(2)26-15-29/h5-13,15H,14H2,1-4H3,(H,27,31)/b20-11-. The van der Waals surface area contributed by atoms with Gasteiger partial charge in [0.25, 0.3) is 0 Å². The first-order chi connectivity index (χ1) is 15.9. The van der Waals surface area contributed by atoms with Crippen LogP contribution in [0.25, 0.3) is 11.8 Å². The summed E-state index contributed by atoms with van der Waals surface area (Å²) in [5.41, 5.74) is 4.35. The highest BCUT2D eigenvalue weighted by Gasteiger charge is 2.35. The number of hydrogen-bond donors (Lipinski definition) is 1. The molecule has 3 heterocycles. The Hall–Kier alpha value is -4.07. The van der Waals surface area contributed by atoms with Crippen molar-refractivity contribution >= 4 is 6.08 Å². The first-order valence-electron chi connectivity index (χ1n) is 10.7. The summed E-state index contributed by atoms with van der Waals surface area (Å²) in [4.78, 5) is 25.9. The van der Waals surface area contributed by atoms with Crippen molar-refractivity contribution in [2.45, 2.75) is 26.3 Å². The summed E-state index contributed by atoms with van der Waals surface area (Å²) < 4.78 is 9.20. The van der Waals surface area contributed by atoms with E-state index in [1.165, 1.54) is 0 Å². The van der Waals surface area contributed by atoms with Gasteiger partial charge in [-0.15, -0.1) is 0 Å². The maximum absolute atomic E-state index is 13.0. The summed E-state index contributed by atoms with van der Waals surface area (Å²) in [5, 5.41) is 4.79. The number of nitrogens with one attached hydrogen (secondary N) is 1. The molecule has 5 rings (SSSR count). The van der Waals surface area contributed by atoms with E-state index in [9.17, 15) is 4.79 Å². The van der Waals surface area contributed by atoms with E-state index in [1.807, 2.05) is 80.1 Å². The molecule has 8 heteroatoms. The van der Waals surface area contributed by atoms with Crippen molar-refractivity contribution in [2.24, 2.45) is 5.16 Å². The Labute approximate surface area is 190 Å². The van der Waals surface area contributed by atoms with Crippen molar-refractivity contribution in [3.05, 3.63) is 98.7 Å². The van der Waals surface area contributed by atoms with Crippen molar-refractivity contribution in [2.75, 3.05) is 13.7 Å². The third kappa shape index (κ3) is 3.53. The van der Waals surface area contributed by atoms with Gasteiger partial charge in [0.2, 0.25) is 5.49 Å². The van der Waals surface area contributed by atoms with E-state index in [2.05, 4.69) is 15.1 Å². The number of nitrogens with zero attached hydrogens (tertiary/aromatic N) is 4. The van der Waals surface area contributed by atoms with E-state index in [0.717, 1.165) is 28.1 Å². The van der Waals surface area contributed by atoms with Gasteiger partial charge in [0, 0.05) is 6.20 Å². The van der Waals surface area contributed by atoms with E-state index in [1.54, 1.807) is 18.0 Å². The lowest BCUT2D eigenvalue weighted by Crippen LogP contribution is -2.52. The maximum atomic E-state index is 13.0. The van der Waals surface area contributed by atoms with Gasteiger partial charge in [-0.3, -0.25) is 4.57 Å². The Balaban J connectivity index is 1.62. The van der Waals surface area contributed by atoms with Crippen LogP contribution in [-0.2, 0) is 10.4 Å². The number of aryl methyl sites for hydroxylation is 2. The van der Waals surface area contributed by atoms with E-state index >= 15 is 0 Å². The monoisotopic (exact) mass is 443 g/mol. The van der Waals surface area contributed by atoms with Crippen molar-refractivity contribution in [3.63, 3.8) is 0 Å². The minimum absolute atomic E-state index is 0.233. The zero-order chi connectivity index (χ0) is 23.2. The second-order valence-corrected chi connectivity index (χ2v) is 8.51. The smallest absolute Gasteiger partial charge is 0.328 e. The number of ether oxygens (including phenoxy) is 1. The van der Waals surface area contributed by atoms with Gasteiger partial charge in [-0.1, -0.05) is 41.1 Å². The van der Waals surface area contributed by atoms with Crippen LogP contribution in [0.2, 0.25) is 0 Å². The molecule has 1 atom stereocenters. The second-order valence-electron chi connectivity index (χ2n) is 8.51. The van der Waals surface area contributed by atoms with E-state index < -0.39 is 5.54 Å². The molecule has 8 nitrogen and oxygen atoms in total.